The van der Waals surface area contributed by atoms with Crippen LogP contribution in [0.15, 0.2) is 48.3 Å². The van der Waals surface area contributed by atoms with Crippen LogP contribution >= 0.6 is 0 Å². The van der Waals surface area contributed by atoms with Gasteiger partial charge in [0.2, 0.25) is 5.91 Å². The summed E-state index contributed by atoms with van der Waals surface area (Å²) < 4.78 is 1.78. The third-order valence-corrected chi connectivity index (χ3v) is 4.65. The number of nitrogens with one attached hydrogen (secondary N) is 1. The molecule has 2 aromatic rings. The third kappa shape index (κ3) is 3.40. The van der Waals surface area contributed by atoms with Crippen LogP contribution in [0, 0.1) is 17.3 Å². The van der Waals surface area contributed by atoms with Crippen molar-refractivity contribution in [3.8, 4) is 0 Å². The maximum atomic E-state index is 12.5. The molecule has 0 bridgehead atoms. The number of carbonyl (C=O) groups is 1. The smallest absolute Gasteiger partial charge is 0.229 e. The van der Waals surface area contributed by atoms with Crippen LogP contribution in [0.3, 0.4) is 0 Å². The molecule has 1 saturated carbocycles. The first kappa shape index (κ1) is 16.4. The highest BCUT2D eigenvalue weighted by molar-refractivity contribution is 5.95. The average molecular weight is 324 g/mol. The molecule has 5 nitrogen and oxygen atoms in total. The lowest BCUT2D eigenvalue weighted by atomic mass is 10.1. The van der Waals surface area contributed by atoms with Crippen LogP contribution < -0.4 is 5.32 Å². The summed E-state index contributed by atoms with van der Waals surface area (Å²) in [5.41, 5.74) is 2.20. The number of hydrogen-bond donors (Lipinski definition) is 1. The molecule has 2 atom stereocenters. The molecule has 2 aromatic heterocycles. The lowest BCUT2D eigenvalue weighted by Crippen LogP contribution is -2.17. The van der Waals surface area contributed by atoms with Crippen molar-refractivity contribution in [2.45, 2.75) is 34.2 Å². The van der Waals surface area contributed by atoms with Gasteiger partial charge in [-0.25, -0.2) is 0 Å². The molecule has 0 aromatic carbocycles. The quantitative estimate of drug-likeness (QED) is 0.856. The maximum Gasteiger partial charge on any atom is 0.229 e. The first-order valence-corrected chi connectivity index (χ1v) is 8.27. The Morgan fingerprint density at radius 3 is 2.79 bits per heavy atom. The zero-order valence-electron chi connectivity index (χ0n) is 14.7. The second-order valence-electron chi connectivity index (χ2n) is 7.28. The molecule has 24 heavy (non-hydrogen) atoms. The lowest BCUT2D eigenvalue weighted by Gasteiger charge is -2.03. The average Bonchev–Trinajstić information content (AvgIpc) is 2.83. The Balaban J connectivity index is 1.63. The fraction of sp³-hybridized carbons (Fsp3) is 0.421. The topological polar surface area (TPSA) is 59.8 Å². The standard InChI is InChI=1S/C19H24N4O/c1-13(2)11-15-17(19(15,3)4)18(24)21-16-8-10-23(22-16)12-14-7-5-6-9-20-14/h5-11,15,17H,12H2,1-4H3,(H,21,22,24)/t15-,17+/m1/s1. The van der Waals surface area contributed by atoms with Crippen molar-refractivity contribution in [2.24, 2.45) is 17.3 Å². The van der Waals surface area contributed by atoms with E-state index in [0.29, 0.717) is 18.3 Å². The van der Waals surface area contributed by atoms with E-state index in [1.54, 1.807) is 10.9 Å². The van der Waals surface area contributed by atoms with Gasteiger partial charge in [-0.2, -0.15) is 5.10 Å². The first-order valence-electron chi connectivity index (χ1n) is 8.27. The third-order valence-electron chi connectivity index (χ3n) is 4.65. The summed E-state index contributed by atoms with van der Waals surface area (Å²) in [6.07, 6.45) is 5.82. The molecule has 1 amide bonds. The van der Waals surface area contributed by atoms with E-state index in [1.165, 1.54) is 5.57 Å². The summed E-state index contributed by atoms with van der Waals surface area (Å²) in [6, 6.07) is 7.62. The summed E-state index contributed by atoms with van der Waals surface area (Å²) in [5.74, 6) is 0.951. The first-order chi connectivity index (χ1) is 11.4. The summed E-state index contributed by atoms with van der Waals surface area (Å²) in [7, 11) is 0. The fourth-order valence-electron chi connectivity index (χ4n) is 3.23. The summed E-state index contributed by atoms with van der Waals surface area (Å²) in [5, 5.41) is 7.37. The molecule has 1 fully saturated rings. The SMILES string of the molecule is CC(C)=C[C@@H]1[C@@H](C(=O)Nc2ccn(Cc3ccccn3)n2)C1(C)C. The second kappa shape index (κ2) is 6.23. The molecule has 1 N–H and O–H groups in total. The highest BCUT2D eigenvalue weighted by Crippen LogP contribution is 2.59. The molecule has 0 radical (unpaired) electrons. The van der Waals surface area contributed by atoms with Crippen molar-refractivity contribution >= 4 is 11.7 Å². The molecule has 1 aliphatic carbocycles. The number of amides is 1. The minimum atomic E-state index is 0.00772. The fourth-order valence-corrected chi connectivity index (χ4v) is 3.23. The molecule has 0 unspecified atom stereocenters. The van der Waals surface area contributed by atoms with E-state index in [4.69, 9.17) is 0 Å². The van der Waals surface area contributed by atoms with E-state index in [1.807, 2.05) is 30.5 Å². The summed E-state index contributed by atoms with van der Waals surface area (Å²) >= 11 is 0. The molecule has 2 heterocycles. The van der Waals surface area contributed by atoms with Crippen LogP contribution in [-0.2, 0) is 11.3 Å². The minimum Gasteiger partial charge on any atom is -0.309 e. The maximum absolute atomic E-state index is 12.5. The van der Waals surface area contributed by atoms with Crippen molar-refractivity contribution in [1.29, 1.82) is 0 Å². The molecule has 0 aliphatic heterocycles. The number of rotatable bonds is 5. The van der Waals surface area contributed by atoms with Crippen molar-refractivity contribution < 1.29 is 4.79 Å². The Kier molecular flexibility index (Phi) is 4.26. The van der Waals surface area contributed by atoms with Gasteiger partial charge in [-0.05, 0) is 37.3 Å². The largest absolute Gasteiger partial charge is 0.309 e. The second-order valence-corrected chi connectivity index (χ2v) is 7.28. The van der Waals surface area contributed by atoms with Crippen LogP contribution in [0.2, 0.25) is 0 Å². The van der Waals surface area contributed by atoms with Crippen molar-refractivity contribution in [1.82, 2.24) is 14.8 Å². The molecule has 0 saturated heterocycles. The molecular weight excluding hydrogens is 300 g/mol. The monoisotopic (exact) mass is 324 g/mol. The highest BCUT2D eigenvalue weighted by Gasteiger charge is 2.60. The van der Waals surface area contributed by atoms with Gasteiger partial charge in [-0.1, -0.05) is 31.6 Å². The van der Waals surface area contributed by atoms with Crippen molar-refractivity contribution in [2.75, 3.05) is 5.32 Å². The Labute approximate surface area is 142 Å². The van der Waals surface area contributed by atoms with Gasteiger partial charge in [0, 0.05) is 18.5 Å². The zero-order chi connectivity index (χ0) is 17.3. The van der Waals surface area contributed by atoms with Gasteiger partial charge in [0.25, 0.3) is 0 Å². The zero-order valence-corrected chi connectivity index (χ0v) is 14.7. The lowest BCUT2D eigenvalue weighted by molar-refractivity contribution is -0.118. The number of nitrogens with zero attached hydrogens (tertiary/aromatic N) is 3. The Hall–Kier alpha value is -2.43. The van der Waals surface area contributed by atoms with E-state index in [-0.39, 0.29) is 17.2 Å². The Morgan fingerprint density at radius 2 is 2.12 bits per heavy atom. The number of hydrogen-bond acceptors (Lipinski definition) is 3. The Bertz CT molecular complexity index is 757. The van der Waals surface area contributed by atoms with Gasteiger partial charge in [-0.15, -0.1) is 0 Å². The number of allylic oxidation sites excluding steroid dienone is 2. The Morgan fingerprint density at radius 1 is 1.33 bits per heavy atom. The van der Waals surface area contributed by atoms with Gasteiger partial charge < -0.3 is 5.32 Å². The van der Waals surface area contributed by atoms with E-state index in [0.717, 1.165) is 5.69 Å². The highest BCUT2D eigenvalue weighted by atomic mass is 16.2. The number of aromatic nitrogens is 3. The molecule has 3 rings (SSSR count). The number of pyridine rings is 1. The van der Waals surface area contributed by atoms with E-state index < -0.39 is 0 Å². The van der Waals surface area contributed by atoms with E-state index >= 15 is 0 Å². The van der Waals surface area contributed by atoms with Gasteiger partial charge in [0.15, 0.2) is 5.82 Å². The normalized spacial score (nSPS) is 21.2. The van der Waals surface area contributed by atoms with Crippen LogP contribution in [-0.4, -0.2) is 20.7 Å². The summed E-state index contributed by atoms with van der Waals surface area (Å²) in [6.45, 7) is 9.01. The molecule has 126 valence electrons. The predicted octanol–water partition coefficient (Wildman–Crippen LogP) is 3.50. The molecule has 1 aliphatic rings. The molecule has 0 spiro atoms. The van der Waals surface area contributed by atoms with Gasteiger partial charge in [0.1, 0.15) is 0 Å². The van der Waals surface area contributed by atoms with Gasteiger partial charge in [0.05, 0.1) is 18.2 Å². The molecular formula is C19H24N4O. The number of carbonyl (C=O) groups excluding carboxylic acids is 1. The van der Waals surface area contributed by atoms with Crippen LogP contribution in [0.25, 0.3) is 0 Å². The van der Waals surface area contributed by atoms with Gasteiger partial charge >= 0.3 is 0 Å². The van der Waals surface area contributed by atoms with E-state index in [9.17, 15) is 4.79 Å². The van der Waals surface area contributed by atoms with Gasteiger partial charge in [-0.3, -0.25) is 14.5 Å². The minimum absolute atomic E-state index is 0.00772. The van der Waals surface area contributed by atoms with Crippen molar-refractivity contribution in [3.63, 3.8) is 0 Å². The van der Waals surface area contributed by atoms with E-state index in [2.05, 4.69) is 49.2 Å². The summed E-state index contributed by atoms with van der Waals surface area (Å²) in [4.78, 5) is 16.8. The van der Waals surface area contributed by atoms with Crippen molar-refractivity contribution in [3.05, 3.63) is 54.0 Å². The number of anilines is 1. The van der Waals surface area contributed by atoms with Crippen LogP contribution in [0.5, 0.6) is 0 Å². The predicted molar refractivity (Wildman–Crippen MR) is 94.4 cm³/mol. The molecule has 5 heteroatoms. The van der Waals surface area contributed by atoms with Crippen LogP contribution in [0.1, 0.15) is 33.4 Å². The van der Waals surface area contributed by atoms with Crippen LogP contribution in [0.4, 0.5) is 5.82 Å².